The predicted molar refractivity (Wildman–Crippen MR) is 87.6 cm³/mol. The van der Waals surface area contributed by atoms with Crippen molar-refractivity contribution in [2.24, 2.45) is 0 Å². The lowest BCUT2D eigenvalue weighted by atomic mass is 10.1. The third-order valence-electron chi connectivity index (χ3n) is 4.03. The van der Waals surface area contributed by atoms with Crippen LogP contribution in [0.1, 0.15) is 33.6 Å². The first-order chi connectivity index (χ1) is 9.94. The topological polar surface area (TPSA) is 67.6 Å². The molecule has 1 unspecified atom stereocenters. The summed E-state index contributed by atoms with van der Waals surface area (Å²) in [5.41, 5.74) is 7.04. The molecule has 1 amide bonds. The number of hydrogen-bond donors (Lipinski definition) is 2. The number of nitrogens with zero attached hydrogens (tertiary/aromatic N) is 1. The second-order valence-corrected chi connectivity index (χ2v) is 5.25. The van der Waals surface area contributed by atoms with Crippen molar-refractivity contribution in [1.82, 2.24) is 4.90 Å². The van der Waals surface area contributed by atoms with E-state index in [-0.39, 0.29) is 11.9 Å². The number of anilines is 2. The molecule has 1 atom stereocenters. The largest absolute Gasteiger partial charge is 0.497 e. The summed E-state index contributed by atoms with van der Waals surface area (Å²) in [7, 11) is 3.57. The fraction of sp³-hybridized carbons (Fsp3) is 0.562. The molecule has 0 saturated carbocycles. The van der Waals surface area contributed by atoms with Crippen LogP contribution in [0.15, 0.2) is 18.2 Å². The number of ether oxygens (including phenoxy) is 1. The van der Waals surface area contributed by atoms with Crippen molar-refractivity contribution in [2.45, 2.75) is 45.7 Å². The zero-order valence-corrected chi connectivity index (χ0v) is 13.6. The molecular weight excluding hydrogens is 266 g/mol. The van der Waals surface area contributed by atoms with Gasteiger partial charge in [-0.25, -0.2) is 0 Å². The summed E-state index contributed by atoms with van der Waals surface area (Å²) in [4.78, 5) is 14.5. The molecule has 3 N–H and O–H groups in total. The van der Waals surface area contributed by atoms with Crippen LogP contribution in [-0.2, 0) is 4.79 Å². The molecule has 1 aromatic rings. The van der Waals surface area contributed by atoms with Gasteiger partial charge in [-0.2, -0.15) is 0 Å². The van der Waals surface area contributed by atoms with Crippen LogP contribution >= 0.6 is 0 Å². The molecule has 5 nitrogen and oxygen atoms in total. The number of hydrogen-bond acceptors (Lipinski definition) is 4. The second kappa shape index (κ2) is 7.88. The fourth-order valence-electron chi connectivity index (χ4n) is 2.38. The number of carbonyl (C=O) groups is 1. The van der Waals surface area contributed by atoms with Crippen molar-refractivity contribution < 1.29 is 9.53 Å². The zero-order valence-electron chi connectivity index (χ0n) is 13.6. The molecule has 0 aromatic heterocycles. The minimum absolute atomic E-state index is 0.0544. The average Bonchev–Trinajstić information content (AvgIpc) is 2.49. The van der Waals surface area contributed by atoms with Gasteiger partial charge < -0.3 is 15.8 Å². The van der Waals surface area contributed by atoms with Crippen LogP contribution in [0.4, 0.5) is 11.4 Å². The highest BCUT2D eigenvalue weighted by Gasteiger charge is 2.23. The van der Waals surface area contributed by atoms with E-state index in [4.69, 9.17) is 10.5 Å². The molecule has 0 heterocycles. The normalized spacial score (nSPS) is 12.5. The lowest BCUT2D eigenvalue weighted by molar-refractivity contribution is -0.121. The van der Waals surface area contributed by atoms with Crippen LogP contribution in [0, 0.1) is 0 Å². The molecule has 0 spiro atoms. The first kappa shape index (κ1) is 17.3. The van der Waals surface area contributed by atoms with Crippen molar-refractivity contribution in [3.63, 3.8) is 0 Å². The number of rotatable bonds is 7. The Kier molecular flexibility index (Phi) is 6.49. The van der Waals surface area contributed by atoms with Gasteiger partial charge in [0.15, 0.2) is 0 Å². The van der Waals surface area contributed by atoms with E-state index in [2.05, 4.69) is 24.1 Å². The van der Waals surface area contributed by atoms with Gasteiger partial charge in [0.1, 0.15) is 5.75 Å². The molecule has 0 aliphatic carbocycles. The number of methoxy groups -OCH3 is 1. The standard InChI is InChI=1S/C16H27N3O2/c1-6-12(7-2)19(4)11(3)16(20)18-15-9-8-13(21-5)10-14(15)17/h8-12H,6-7,17H2,1-5H3,(H,18,20). The molecule has 0 radical (unpaired) electrons. The number of benzene rings is 1. The Morgan fingerprint density at radius 1 is 1.38 bits per heavy atom. The SMILES string of the molecule is CCC(CC)N(C)C(C)C(=O)Nc1ccc(OC)cc1N. The Morgan fingerprint density at radius 3 is 2.48 bits per heavy atom. The van der Waals surface area contributed by atoms with E-state index in [0.717, 1.165) is 12.8 Å². The van der Waals surface area contributed by atoms with Gasteiger partial charge in [-0.3, -0.25) is 9.69 Å². The molecule has 1 aromatic carbocycles. The van der Waals surface area contributed by atoms with Crippen LogP contribution in [0.25, 0.3) is 0 Å². The number of carbonyl (C=O) groups excluding carboxylic acids is 1. The predicted octanol–water partition coefficient (Wildman–Crippen LogP) is 2.72. The Balaban J connectivity index is 2.76. The third-order valence-corrected chi connectivity index (χ3v) is 4.03. The number of amides is 1. The highest BCUT2D eigenvalue weighted by atomic mass is 16.5. The highest BCUT2D eigenvalue weighted by molar-refractivity contribution is 5.97. The van der Waals surface area contributed by atoms with Crippen LogP contribution in [0.2, 0.25) is 0 Å². The summed E-state index contributed by atoms with van der Waals surface area (Å²) in [6, 6.07) is 5.43. The van der Waals surface area contributed by atoms with Gasteiger partial charge in [-0.1, -0.05) is 13.8 Å². The minimum atomic E-state index is -0.212. The third kappa shape index (κ3) is 4.36. The molecular formula is C16H27N3O2. The molecule has 0 aliphatic heterocycles. The van der Waals surface area contributed by atoms with Crippen LogP contribution < -0.4 is 15.8 Å². The van der Waals surface area contributed by atoms with Crippen molar-refractivity contribution in [3.8, 4) is 5.75 Å². The molecule has 0 saturated heterocycles. The summed E-state index contributed by atoms with van der Waals surface area (Å²) in [5, 5.41) is 2.88. The lowest BCUT2D eigenvalue weighted by Gasteiger charge is -2.31. The Hall–Kier alpha value is -1.75. The smallest absolute Gasteiger partial charge is 0.241 e. The van der Waals surface area contributed by atoms with Gasteiger partial charge in [0, 0.05) is 12.1 Å². The van der Waals surface area contributed by atoms with Crippen molar-refractivity contribution in [1.29, 1.82) is 0 Å². The molecule has 1 rings (SSSR count). The van der Waals surface area contributed by atoms with E-state index < -0.39 is 0 Å². The maximum absolute atomic E-state index is 12.4. The van der Waals surface area contributed by atoms with E-state index in [0.29, 0.717) is 23.2 Å². The average molecular weight is 293 g/mol. The van der Waals surface area contributed by atoms with Gasteiger partial charge in [0.25, 0.3) is 0 Å². The Labute approximate surface area is 127 Å². The Morgan fingerprint density at radius 2 is 2.00 bits per heavy atom. The first-order valence-corrected chi connectivity index (χ1v) is 7.40. The summed E-state index contributed by atoms with van der Waals surface area (Å²) >= 11 is 0. The fourth-order valence-corrected chi connectivity index (χ4v) is 2.38. The van der Waals surface area contributed by atoms with Crippen LogP contribution in [-0.4, -0.2) is 37.0 Å². The van der Waals surface area contributed by atoms with Crippen LogP contribution in [0.3, 0.4) is 0 Å². The molecule has 21 heavy (non-hydrogen) atoms. The van der Waals surface area contributed by atoms with Gasteiger partial charge in [-0.15, -0.1) is 0 Å². The first-order valence-electron chi connectivity index (χ1n) is 7.40. The van der Waals surface area contributed by atoms with Crippen LogP contribution in [0.5, 0.6) is 5.75 Å². The van der Waals surface area contributed by atoms with Crippen molar-refractivity contribution in [3.05, 3.63) is 18.2 Å². The van der Waals surface area contributed by atoms with E-state index in [1.807, 2.05) is 14.0 Å². The number of likely N-dealkylation sites (N-methyl/N-ethyl adjacent to an activating group) is 1. The minimum Gasteiger partial charge on any atom is -0.497 e. The quantitative estimate of drug-likeness (QED) is 0.759. The highest BCUT2D eigenvalue weighted by Crippen LogP contribution is 2.24. The summed E-state index contributed by atoms with van der Waals surface area (Å²) in [6.07, 6.45) is 2.05. The molecule has 0 fully saturated rings. The number of nitrogen functional groups attached to an aromatic ring is 1. The maximum Gasteiger partial charge on any atom is 0.241 e. The van der Waals surface area contributed by atoms with Gasteiger partial charge >= 0.3 is 0 Å². The second-order valence-electron chi connectivity index (χ2n) is 5.25. The number of nitrogens with two attached hydrogens (primary N) is 1. The van der Waals surface area contributed by atoms with Crippen molar-refractivity contribution >= 4 is 17.3 Å². The Bertz CT molecular complexity index is 473. The molecule has 118 valence electrons. The lowest BCUT2D eigenvalue weighted by Crippen LogP contribution is -2.45. The maximum atomic E-state index is 12.4. The summed E-state index contributed by atoms with van der Waals surface area (Å²) < 4.78 is 5.10. The van der Waals surface area contributed by atoms with E-state index in [9.17, 15) is 4.79 Å². The zero-order chi connectivity index (χ0) is 16.0. The van der Waals surface area contributed by atoms with E-state index >= 15 is 0 Å². The van der Waals surface area contributed by atoms with E-state index in [1.165, 1.54) is 0 Å². The van der Waals surface area contributed by atoms with Gasteiger partial charge in [0.05, 0.1) is 24.5 Å². The monoisotopic (exact) mass is 293 g/mol. The summed E-state index contributed by atoms with van der Waals surface area (Å²) in [5.74, 6) is 0.619. The van der Waals surface area contributed by atoms with Crippen molar-refractivity contribution in [2.75, 3.05) is 25.2 Å². The molecule has 0 aliphatic rings. The molecule has 5 heteroatoms. The molecule has 0 bridgehead atoms. The van der Waals surface area contributed by atoms with E-state index in [1.54, 1.807) is 25.3 Å². The van der Waals surface area contributed by atoms with Gasteiger partial charge in [-0.05, 0) is 38.9 Å². The number of nitrogens with one attached hydrogen (secondary N) is 1. The van der Waals surface area contributed by atoms with Gasteiger partial charge in [0.2, 0.25) is 5.91 Å². The summed E-state index contributed by atoms with van der Waals surface area (Å²) in [6.45, 7) is 6.18.